The Balaban J connectivity index is 1.59. The predicted molar refractivity (Wildman–Crippen MR) is 78.0 cm³/mol. The van der Waals surface area contributed by atoms with Crippen LogP contribution >= 0.6 is 0 Å². The number of rotatable bonds is 3. The molecular weight excluding hydrogens is 253 g/mol. The lowest BCUT2D eigenvalue weighted by atomic mass is 9.87. The maximum atomic E-state index is 13.7. The van der Waals surface area contributed by atoms with Crippen molar-refractivity contribution in [2.45, 2.75) is 50.7 Å². The largest absolute Gasteiger partial charge is 0.391 e. The van der Waals surface area contributed by atoms with Gasteiger partial charge in [-0.15, -0.1) is 0 Å². The molecule has 0 aromatic heterocycles. The van der Waals surface area contributed by atoms with Crippen LogP contribution in [-0.4, -0.2) is 35.2 Å². The van der Waals surface area contributed by atoms with Gasteiger partial charge in [-0.2, -0.15) is 0 Å². The third kappa shape index (κ3) is 3.04. The summed E-state index contributed by atoms with van der Waals surface area (Å²) in [5.74, 6) is 0.0578. The fraction of sp³-hybridized carbons (Fsp3) is 0.647. The number of aliphatic hydroxyl groups excluding tert-OH is 1. The van der Waals surface area contributed by atoms with Crippen LogP contribution in [0.15, 0.2) is 24.3 Å². The fourth-order valence-electron chi connectivity index (χ4n) is 3.79. The summed E-state index contributed by atoms with van der Waals surface area (Å²) in [6.45, 7) is 1.82. The SMILES string of the molecule is O[C@H]1CN(C2CCCC2)CC[C@@H]1Cc1ccccc1F. The summed E-state index contributed by atoms with van der Waals surface area (Å²) in [6.07, 6.45) is 6.54. The maximum Gasteiger partial charge on any atom is 0.126 e. The molecule has 1 aromatic rings. The second-order valence-corrected chi connectivity index (χ2v) is 6.34. The van der Waals surface area contributed by atoms with Gasteiger partial charge in [0.1, 0.15) is 5.82 Å². The summed E-state index contributed by atoms with van der Waals surface area (Å²) in [5.41, 5.74) is 0.742. The van der Waals surface area contributed by atoms with Crippen molar-refractivity contribution in [2.24, 2.45) is 5.92 Å². The zero-order valence-electron chi connectivity index (χ0n) is 12.0. The topological polar surface area (TPSA) is 23.5 Å². The Morgan fingerprint density at radius 1 is 1.15 bits per heavy atom. The van der Waals surface area contributed by atoms with Gasteiger partial charge in [-0.05, 0) is 49.8 Å². The van der Waals surface area contributed by atoms with Gasteiger partial charge >= 0.3 is 0 Å². The molecule has 2 fully saturated rings. The van der Waals surface area contributed by atoms with E-state index < -0.39 is 0 Å². The number of benzene rings is 1. The van der Waals surface area contributed by atoms with E-state index in [9.17, 15) is 9.50 Å². The number of aliphatic hydroxyl groups is 1. The predicted octanol–water partition coefficient (Wildman–Crippen LogP) is 2.99. The van der Waals surface area contributed by atoms with Crippen molar-refractivity contribution >= 4 is 0 Å². The molecule has 1 saturated carbocycles. The van der Waals surface area contributed by atoms with Gasteiger partial charge in [0.05, 0.1) is 6.10 Å². The Kier molecular flexibility index (Phi) is 4.37. The molecule has 1 aromatic carbocycles. The van der Waals surface area contributed by atoms with E-state index in [1.165, 1.54) is 31.7 Å². The van der Waals surface area contributed by atoms with Gasteiger partial charge in [0.15, 0.2) is 0 Å². The molecule has 1 heterocycles. The molecule has 0 unspecified atom stereocenters. The molecule has 0 amide bonds. The third-order valence-electron chi connectivity index (χ3n) is 5.03. The zero-order valence-corrected chi connectivity index (χ0v) is 12.0. The minimum atomic E-state index is -0.316. The summed E-state index contributed by atoms with van der Waals surface area (Å²) in [5, 5.41) is 10.4. The highest BCUT2D eigenvalue weighted by molar-refractivity contribution is 5.18. The van der Waals surface area contributed by atoms with E-state index in [0.717, 1.165) is 25.1 Å². The summed E-state index contributed by atoms with van der Waals surface area (Å²) in [6, 6.07) is 7.62. The molecule has 0 spiro atoms. The van der Waals surface area contributed by atoms with E-state index in [4.69, 9.17) is 0 Å². The molecule has 2 aliphatic rings. The number of nitrogens with zero attached hydrogens (tertiary/aromatic N) is 1. The van der Waals surface area contributed by atoms with Crippen LogP contribution in [0.3, 0.4) is 0 Å². The summed E-state index contributed by atoms with van der Waals surface area (Å²) in [7, 11) is 0. The van der Waals surface area contributed by atoms with E-state index in [-0.39, 0.29) is 17.8 Å². The van der Waals surface area contributed by atoms with Gasteiger partial charge in [0, 0.05) is 12.6 Å². The second kappa shape index (κ2) is 6.23. The highest BCUT2D eigenvalue weighted by Crippen LogP contribution is 2.29. The van der Waals surface area contributed by atoms with Crippen molar-refractivity contribution in [3.63, 3.8) is 0 Å². The number of hydrogen-bond acceptors (Lipinski definition) is 2. The monoisotopic (exact) mass is 277 g/mol. The second-order valence-electron chi connectivity index (χ2n) is 6.34. The van der Waals surface area contributed by atoms with Crippen LogP contribution in [0.5, 0.6) is 0 Å². The zero-order chi connectivity index (χ0) is 13.9. The number of β-amino-alcohol motifs (C(OH)–C–C–N with tert-alkyl or cyclic N) is 1. The lowest BCUT2D eigenvalue weighted by Gasteiger charge is -2.39. The van der Waals surface area contributed by atoms with Crippen LogP contribution in [-0.2, 0) is 6.42 Å². The fourth-order valence-corrected chi connectivity index (χ4v) is 3.79. The van der Waals surface area contributed by atoms with Gasteiger partial charge in [0.25, 0.3) is 0 Å². The molecule has 1 aliphatic carbocycles. The molecule has 2 atom stereocenters. The highest BCUT2D eigenvalue weighted by Gasteiger charge is 2.32. The maximum absolute atomic E-state index is 13.7. The van der Waals surface area contributed by atoms with E-state index in [1.807, 2.05) is 12.1 Å². The van der Waals surface area contributed by atoms with Crippen molar-refractivity contribution in [2.75, 3.05) is 13.1 Å². The summed E-state index contributed by atoms with van der Waals surface area (Å²) >= 11 is 0. The summed E-state index contributed by atoms with van der Waals surface area (Å²) in [4.78, 5) is 2.45. The number of halogens is 1. The van der Waals surface area contributed by atoms with Crippen LogP contribution in [0, 0.1) is 11.7 Å². The molecule has 3 heteroatoms. The van der Waals surface area contributed by atoms with Crippen molar-refractivity contribution < 1.29 is 9.50 Å². The van der Waals surface area contributed by atoms with E-state index >= 15 is 0 Å². The van der Waals surface area contributed by atoms with Crippen molar-refractivity contribution in [3.05, 3.63) is 35.6 Å². The normalized spacial score (nSPS) is 28.9. The average molecular weight is 277 g/mol. The van der Waals surface area contributed by atoms with Gasteiger partial charge in [-0.25, -0.2) is 4.39 Å². The molecule has 3 rings (SSSR count). The van der Waals surface area contributed by atoms with Gasteiger partial charge in [-0.1, -0.05) is 31.0 Å². The van der Waals surface area contributed by atoms with Crippen molar-refractivity contribution in [1.82, 2.24) is 4.90 Å². The Labute approximate surface area is 120 Å². The van der Waals surface area contributed by atoms with Crippen LogP contribution in [0.2, 0.25) is 0 Å². The highest BCUT2D eigenvalue weighted by atomic mass is 19.1. The van der Waals surface area contributed by atoms with Crippen LogP contribution in [0.25, 0.3) is 0 Å². The van der Waals surface area contributed by atoms with Gasteiger partial charge in [-0.3, -0.25) is 4.90 Å². The smallest absolute Gasteiger partial charge is 0.126 e. The minimum Gasteiger partial charge on any atom is -0.391 e. The molecule has 0 radical (unpaired) electrons. The summed E-state index contributed by atoms with van der Waals surface area (Å²) < 4.78 is 13.7. The quantitative estimate of drug-likeness (QED) is 0.918. The third-order valence-corrected chi connectivity index (χ3v) is 5.03. The lowest BCUT2D eigenvalue weighted by Crippen LogP contribution is -2.48. The van der Waals surface area contributed by atoms with E-state index in [2.05, 4.69) is 4.90 Å². The molecule has 0 bridgehead atoms. The lowest BCUT2D eigenvalue weighted by molar-refractivity contribution is 0.00457. The Morgan fingerprint density at radius 2 is 1.90 bits per heavy atom. The first-order valence-electron chi connectivity index (χ1n) is 7.89. The van der Waals surface area contributed by atoms with Gasteiger partial charge in [0.2, 0.25) is 0 Å². The van der Waals surface area contributed by atoms with Crippen LogP contribution in [0.1, 0.15) is 37.7 Å². The van der Waals surface area contributed by atoms with E-state index in [1.54, 1.807) is 6.07 Å². The van der Waals surface area contributed by atoms with Crippen LogP contribution < -0.4 is 0 Å². The minimum absolute atomic E-state index is 0.141. The molecule has 1 N–H and O–H groups in total. The number of likely N-dealkylation sites (tertiary alicyclic amines) is 1. The standard InChI is InChI=1S/C17H24FNO/c18-16-8-4-1-5-13(16)11-14-9-10-19(12-17(14)20)15-6-2-3-7-15/h1,4-5,8,14-15,17,20H,2-3,6-7,9-12H2/t14-,17+/m1/s1. The average Bonchev–Trinajstić information content (AvgIpc) is 2.97. The first kappa shape index (κ1) is 14.0. The molecule has 2 nitrogen and oxygen atoms in total. The van der Waals surface area contributed by atoms with Crippen molar-refractivity contribution in [1.29, 1.82) is 0 Å². The van der Waals surface area contributed by atoms with Crippen molar-refractivity contribution in [3.8, 4) is 0 Å². The van der Waals surface area contributed by atoms with Crippen LogP contribution in [0.4, 0.5) is 4.39 Å². The Hall–Kier alpha value is -0.930. The first-order chi connectivity index (χ1) is 9.74. The van der Waals surface area contributed by atoms with Gasteiger partial charge < -0.3 is 5.11 Å². The Morgan fingerprint density at radius 3 is 2.60 bits per heavy atom. The molecule has 110 valence electrons. The first-order valence-corrected chi connectivity index (χ1v) is 7.89. The molecule has 20 heavy (non-hydrogen) atoms. The Bertz CT molecular complexity index is 444. The molecule has 1 aliphatic heterocycles. The number of piperidine rings is 1. The molecule has 1 saturated heterocycles. The van der Waals surface area contributed by atoms with E-state index in [0.29, 0.717) is 12.5 Å². The molecular formula is C17H24FNO. The number of hydrogen-bond donors (Lipinski definition) is 1.